The first-order valence-corrected chi connectivity index (χ1v) is 11.5. The molecule has 0 aliphatic heterocycles. The molecular formula is C29H33NO3. The molecule has 0 radical (unpaired) electrons. The first-order valence-electron chi connectivity index (χ1n) is 11.5. The van der Waals surface area contributed by atoms with E-state index in [-0.39, 0.29) is 12.0 Å². The van der Waals surface area contributed by atoms with Crippen LogP contribution in [0.15, 0.2) is 72.8 Å². The second-order valence-corrected chi connectivity index (χ2v) is 9.49. The summed E-state index contributed by atoms with van der Waals surface area (Å²) in [4.78, 5) is 25.3. The van der Waals surface area contributed by atoms with Gasteiger partial charge in [0.25, 0.3) is 0 Å². The Hall–Kier alpha value is -3.40. The smallest absolute Gasteiger partial charge is 0.394 e. The second-order valence-electron chi connectivity index (χ2n) is 9.49. The number of benzene rings is 3. The standard InChI is InChI=1S/C29H33NO3/c1-5-6-7-21-8-12-23(13-9-21)24-14-18-26(19-15-24)30(27(31)28(32)33)20-22-10-16-25(17-11-22)29(2,3)4/h8-19H,5-7,20H2,1-4H3,(H,32,33). The monoisotopic (exact) mass is 443 g/mol. The van der Waals surface area contributed by atoms with Gasteiger partial charge in [0.2, 0.25) is 0 Å². The first kappa shape index (κ1) is 24.2. The molecule has 1 amide bonds. The number of carbonyl (C=O) groups excluding carboxylic acids is 1. The molecule has 0 fully saturated rings. The van der Waals surface area contributed by atoms with Crippen molar-refractivity contribution in [3.8, 4) is 11.1 Å². The van der Waals surface area contributed by atoms with E-state index in [4.69, 9.17) is 0 Å². The maximum atomic E-state index is 12.5. The van der Waals surface area contributed by atoms with Gasteiger partial charge < -0.3 is 5.11 Å². The maximum absolute atomic E-state index is 12.5. The van der Waals surface area contributed by atoms with Crippen LogP contribution < -0.4 is 4.90 Å². The van der Waals surface area contributed by atoms with Crippen molar-refractivity contribution in [3.63, 3.8) is 0 Å². The SMILES string of the molecule is CCCCc1ccc(-c2ccc(N(Cc3ccc(C(C)(C)C)cc3)C(=O)C(=O)O)cc2)cc1. The van der Waals surface area contributed by atoms with Crippen molar-refractivity contribution in [3.05, 3.63) is 89.5 Å². The van der Waals surface area contributed by atoms with Gasteiger partial charge in [-0.25, -0.2) is 4.79 Å². The van der Waals surface area contributed by atoms with Crippen LogP contribution in [-0.4, -0.2) is 17.0 Å². The molecule has 4 nitrogen and oxygen atoms in total. The third-order valence-electron chi connectivity index (χ3n) is 5.87. The van der Waals surface area contributed by atoms with Gasteiger partial charge >= 0.3 is 11.9 Å². The number of unbranched alkanes of at least 4 members (excludes halogenated alkanes) is 1. The number of anilines is 1. The number of carboxylic acid groups (broad SMARTS) is 1. The highest BCUT2D eigenvalue weighted by Crippen LogP contribution is 2.26. The maximum Gasteiger partial charge on any atom is 0.394 e. The van der Waals surface area contributed by atoms with Crippen LogP contribution in [0, 0.1) is 0 Å². The summed E-state index contributed by atoms with van der Waals surface area (Å²) in [5.41, 5.74) is 6.10. The molecule has 0 heterocycles. The molecule has 0 aromatic heterocycles. The van der Waals surface area contributed by atoms with Gasteiger partial charge in [-0.3, -0.25) is 9.69 Å². The number of nitrogens with zero attached hydrogens (tertiary/aromatic N) is 1. The molecule has 172 valence electrons. The predicted octanol–water partition coefficient (Wildman–Crippen LogP) is 6.61. The Morgan fingerprint density at radius 3 is 1.79 bits per heavy atom. The summed E-state index contributed by atoms with van der Waals surface area (Å²) >= 11 is 0. The lowest BCUT2D eigenvalue weighted by atomic mass is 9.87. The van der Waals surface area contributed by atoms with E-state index in [0.29, 0.717) is 5.69 Å². The topological polar surface area (TPSA) is 57.6 Å². The van der Waals surface area contributed by atoms with E-state index in [0.717, 1.165) is 23.1 Å². The molecule has 0 aliphatic rings. The number of hydrogen-bond donors (Lipinski definition) is 1. The summed E-state index contributed by atoms with van der Waals surface area (Å²) in [6, 6.07) is 24.0. The van der Waals surface area contributed by atoms with Crippen LogP contribution in [0.2, 0.25) is 0 Å². The quantitative estimate of drug-likeness (QED) is 0.418. The van der Waals surface area contributed by atoms with Crippen LogP contribution in [-0.2, 0) is 28.0 Å². The Labute approximate surface area is 196 Å². The highest BCUT2D eigenvalue weighted by Gasteiger charge is 2.23. The number of carboxylic acids is 1. The average Bonchev–Trinajstić information content (AvgIpc) is 2.81. The Bertz CT molecular complexity index is 1080. The molecule has 0 saturated heterocycles. The number of aryl methyl sites for hydroxylation is 1. The van der Waals surface area contributed by atoms with Gasteiger partial charge in [-0.05, 0) is 58.2 Å². The van der Waals surface area contributed by atoms with Crippen molar-refractivity contribution >= 4 is 17.6 Å². The second kappa shape index (κ2) is 10.5. The van der Waals surface area contributed by atoms with Crippen LogP contribution in [0.1, 0.15) is 57.2 Å². The summed E-state index contributed by atoms with van der Waals surface area (Å²) < 4.78 is 0. The summed E-state index contributed by atoms with van der Waals surface area (Å²) in [7, 11) is 0. The van der Waals surface area contributed by atoms with Gasteiger partial charge in [0.1, 0.15) is 0 Å². The van der Waals surface area contributed by atoms with E-state index in [1.807, 2.05) is 48.5 Å². The van der Waals surface area contributed by atoms with E-state index < -0.39 is 11.9 Å². The molecule has 3 aromatic carbocycles. The molecule has 4 heteroatoms. The lowest BCUT2D eigenvalue weighted by Crippen LogP contribution is -2.36. The lowest BCUT2D eigenvalue weighted by Gasteiger charge is -2.23. The van der Waals surface area contributed by atoms with Crippen LogP contribution >= 0.6 is 0 Å². The minimum Gasteiger partial charge on any atom is -0.474 e. The van der Waals surface area contributed by atoms with E-state index in [1.165, 1.54) is 28.9 Å². The molecule has 0 saturated carbocycles. The van der Waals surface area contributed by atoms with Crippen molar-refractivity contribution in [1.29, 1.82) is 0 Å². The van der Waals surface area contributed by atoms with Crippen molar-refractivity contribution in [2.45, 2.75) is 58.9 Å². The highest BCUT2D eigenvalue weighted by atomic mass is 16.4. The largest absolute Gasteiger partial charge is 0.474 e. The molecule has 0 spiro atoms. The Morgan fingerprint density at radius 1 is 0.788 bits per heavy atom. The summed E-state index contributed by atoms with van der Waals surface area (Å²) in [5.74, 6) is -2.41. The number of aliphatic carboxylic acids is 1. The number of hydrogen-bond acceptors (Lipinski definition) is 2. The van der Waals surface area contributed by atoms with Crippen molar-refractivity contribution in [1.82, 2.24) is 0 Å². The average molecular weight is 444 g/mol. The number of carbonyl (C=O) groups is 2. The van der Waals surface area contributed by atoms with Crippen molar-refractivity contribution in [2.75, 3.05) is 4.90 Å². The Balaban J connectivity index is 1.81. The molecule has 0 bridgehead atoms. The molecule has 0 aliphatic carbocycles. The fraction of sp³-hybridized carbons (Fsp3) is 0.310. The minimum atomic E-state index is -1.46. The lowest BCUT2D eigenvalue weighted by molar-refractivity contribution is -0.148. The third kappa shape index (κ3) is 6.32. The molecule has 33 heavy (non-hydrogen) atoms. The summed E-state index contributed by atoms with van der Waals surface area (Å²) in [5, 5.41) is 9.37. The number of amides is 1. The fourth-order valence-electron chi connectivity index (χ4n) is 3.77. The first-order chi connectivity index (χ1) is 15.7. The summed E-state index contributed by atoms with van der Waals surface area (Å²) in [6.07, 6.45) is 3.44. The van der Waals surface area contributed by atoms with Gasteiger partial charge in [0.15, 0.2) is 0 Å². The zero-order valence-electron chi connectivity index (χ0n) is 20.0. The van der Waals surface area contributed by atoms with Gasteiger partial charge in [-0.2, -0.15) is 0 Å². The molecule has 0 unspecified atom stereocenters. The van der Waals surface area contributed by atoms with Gasteiger partial charge in [0, 0.05) is 5.69 Å². The van der Waals surface area contributed by atoms with Crippen molar-refractivity contribution in [2.24, 2.45) is 0 Å². The Morgan fingerprint density at radius 2 is 1.30 bits per heavy atom. The van der Waals surface area contributed by atoms with E-state index in [2.05, 4.69) is 52.0 Å². The zero-order chi connectivity index (χ0) is 24.0. The van der Waals surface area contributed by atoms with Gasteiger partial charge in [-0.1, -0.05) is 94.8 Å². The van der Waals surface area contributed by atoms with Gasteiger partial charge in [0.05, 0.1) is 6.54 Å². The normalized spacial score (nSPS) is 11.3. The van der Waals surface area contributed by atoms with E-state index in [1.54, 1.807) is 0 Å². The zero-order valence-corrected chi connectivity index (χ0v) is 20.0. The van der Waals surface area contributed by atoms with Crippen LogP contribution in [0.25, 0.3) is 11.1 Å². The molecule has 1 N–H and O–H groups in total. The van der Waals surface area contributed by atoms with E-state index >= 15 is 0 Å². The van der Waals surface area contributed by atoms with Crippen LogP contribution in [0.4, 0.5) is 5.69 Å². The van der Waals surface area contributed by atoms with Crippen LogP contribution in [0.5, 0.6) is 0 Å². The van der Waals surface area contributed by atoms with Crippen molar-refractivity contribution < 1.29 is 14.7 Å². The molecule has 3 aromatic rings. The molecule has 0 atom stereocenters. The predicted molar refractivity (Wildman–Crippen MR) is 134 cm³/mol. The van der Waals surface area contributed by atoms with E-state index in [9.17, 15) is 14.7 Å². The highest BCUT2D eigenvalue weighted by molar-refractivity contribution is 6.37. The van der Waals surface area contributed by atoms with Gasteiger partial charge in [-0.15, -0.1) is 0 Å². The number of rotatable bonds is 7. The summed E-state index contributed by atoms with van der Waals surface area (Å²) in [6.45, 7) is 8.81. The van der Waals surface area contributed by atoms with Crippen LogP contribution in [0.3, 0.4) is 0 Å². The molecular weight excluding hydrogens is 410 g/mol. The third-order valence-corrected chi connectivity index (χ3v) is 5.87. The minimum absolute atomic E-state index is 0.0269. The fourth-order valence-corrected chi connectivity index (χ4v) is 3.77. The Kier molecular flexibility index (Phi) is 7.70. The molecule has 3 rings (SSSR count).